The number of ether oxygens (including phenoxy) is 1. The molecule has 8 nitrogen and oxygen atoms in total. The largest absolute Gasteiger partial charge is 0.451 e. The predicted octanol–water partition coefficient (Wildman–Crippen LogP) is 2.85. The van der Waals surface area contributed by atoms with E-state index in [0.29, 0.717) is 5.56 Å². The molecule has 0 fully saturated rings. The van der Waals surface area contributed by atoms with Crippen molar-refractivity contribution in [2.24, 2.45) is 0 Å². The van der Waals surface area contributed by atoms with Crippen LogP contribution in [-0.2, 0) is 20.9 Å². The number of carbonyl (C=O) groups is 4. The molecule has 1 N–H and O–H groups in total. The van der Waals surface area contributed by atoms with E-state index < -0.39 is 18.0 Å². The highest BCUT2D eigenvalue weighted by Gasteiger charge is 2.32. The van der Waals surface area contributed by atoms with E-state index in [1.165, 1.54) is 11.6 Å². The lowest BCUT2D eigenvalue weighted by atomic mass is 9.83. The van der Waals surface area contributed by atoms with Crippen molar-refractivity contribution in [3.05, 3.63) is 82.2 Å². The van der Waals surface area contributed by atoms with Gasteiger partial charge in [-0.15, -0.1) is 0 Å². The number of amides is 1. The average molecular weight is 431 g/mol. The number of hydrogen-bond acceptors (Lipinski definition) is 6. The second-order valence-electron chi connectivity index (χ2n) is 7.64. The van der Waals surface area contributed by atoms with Crippen LogP contribution in [0.3, 0.4) is 0 Å². The second kappa shape index (κ2) is 8.22. The molecule has 1 aromatic heterocycles. The molecule has 1 atom stereocenters. The van der Waals surface area contributed by atoms with Gasteiger partial charge in [-0.3, -0.25) is 23.9 Å². The first kappa shape index (κ1) is 21.2. The van der Waals surface area contributed by atoms with Gasteiger partial charge in [-0.05, 0) is 32.9 Å². The third kappa shape index (κ3) is 3.82. The Morgan fingerprint density at radius 2 is 1.66 bits per heavy atom. The van der Waals surface area contributed by atoms with Crippen LogP contribution in [0.15, 0.2) is 48.5 Å². The number of rotatable bonds is 5. The zero-order valence-electron chi connectivity index (χ0n) is 17.8. The van der Waals surface area contributed by atoms with E-state index in [1.807, 2.05) is 19.9 Å². The molecule has 1 aliphatic carbocycles. The van der Waals surface area contributed by atoms with Crippen molar-refractivity contribution in [3.63, 3.8) is 0 Å². The standard InChI is InChI=1S/C24H21N3O5/c1-13-11-14(2)27(26-13)12-20(28)32-15(3)24(31)25-19-10-6-9-18-21(19)23(30)17-8-5-4-7-16(17)22(18)29/h4-11,15H,12H2,1-3H3,(H,25,31). The molecule has 0 saturated carbocycles. The predicted molar refractivity (Wildman–Crippen MR) is 116 cm³/mol. The summed E-state index contributed by atoms with van der Waals surface area (Å²) in [7, 11) is 0. The molecule has 32 heavy (non-hydrogen) atoms. The van der Waals surface area contributed by atoms with Gasteiger partial charge in [0.05, 0.1) is 16.9 Å². The Labute approximate surface area is 184 Å². The lowest BCUT2D eigenvalue weighted by molar-refractivity contribution is -0.154. The Hall–Kier alpha value is -4.07. The molecule has 3 aromatic rings. The van der Waals surface area contributed by atoms with Crippen LogP contribution >= 0.6 is 0 Å². The SMILES string of the molecule is Cc1cc(C)n(CC(=O)OC(C)C(=O)Nc2cccc3c2C(=O)c2ccccc2C3=O)n1. The monoisotopic (exact) mass is 431 g/mol. The molecule has 2 aromatic carbocycles. The van der Waals surface area contributed by atoms with Gasteiger partial charge >= 0.3 is 5.97 Å². The van der Waals surface area contributed by atoms with Crippen molar-refractivity contribution >= 4 is 29.1 Å². The molecule has 1 amide bonds. The topological polar surface area (TPSA) is 107 Å². The van der Waals surface area contributed by atoms with Crippen LogP contribution in [0, 0.1) is 13.8 Å². The molecule has 1 heterocycles. The van der Waals surface area contributed by atoms with Crippen molar-refractivity contribution in [2.75, 3.05) is 5.32 Å². The lowest BCUT2D eigenvalue weighted by Gasteiger charge is -2.21. The van der Waals surface area contributed by atoms with Crippen LogP contribution in [-0.4, -0.2) is 39.3 Å². The molecule has 0 saturated heterocycles. The van der Waals surface area contributed by atoms with E-state index in [9.17, 15) is 19.2 Å². The van der Waals surface area contributed by atoms with E-state index in [0.717, 1.165) is 11.4 Å². The van der Waals surface area contributed by atoms with Crippen molar-refractivity contribution in [1.29, 1.82) is 0 Å². The van der Waals surface area contributed by atoms with Crippen molar-refractivity contribution < 1.29 is 23.9 Å². The lowest BCUT2D eigenvalue weighted by Crippen LogP contribution is -2.32. The fraction of sp³-hybridized carbons (Fsp3) is 0.208. The summed E-state index contributed by atoms with van der Waals surface area (Å²) in [5.41, 5.74) is 2.75. The summed E-state index contributed by atoms with van der Waals surface area (Å²) in [5.74, 6) is -1.86. The molecule has 4 rings (SSSR count). The molecular formula is C24H21N3O5. The second-order valence-corrected chi connectivity index (χ2v) is 7.64. The summed E-state index contributed by atoms with van der Waals surface area (Å²) in [4.78, 5) is 50.8. The minimum absolute atomic E-state index is 0.123. The van der Waals surface area contributed by atoms with Crippen molar-refractivity contribution in [2.45, 2.75) is 33.4 Å². The van der Waals surface area contributed by atoms with E-state index in [-0.39, 0.29) is 40.5 Å². The Morgan fingerprint density at radius 3 is 2.31 bits per heavy atom. The van der Waals surface area contributed by atoms with Gasteiger partial charge in [0.2, 0.25) is 0 Å². The minimum Gasteiger partial charge on any atom is -0.451 e. The number of aromatic nitrogens is 2. The molecule has 0 radical (unpaired) electrons. The molecule has 0 bridgehead atoms. The summed E-state index contributed by atoms with van der Waals surface area (Å²) in [6.07, 6.45) is -1.11. The summed E-state index contributed by atoms with van der Waals surface area (Å²) in [6.45, 7) is 4.95. The van der Waals surface area contributed by atoms with E-state index in [2.05, 4.69) is 10.4 Å². The fourth-order valence-corrected chi connectivity index (χ4v) is 3.73. The molecular weight excluding hydrogens is 410 g/mol. The van der Waals surface area contributed by atoms with Crippen LogP contribution in [0.4, 0.5) is 5.69 Å². The molecule has 0 spiro atoms. The van der Waals surface area contributed by atoms with Crippen molar-refractivity contribution in [1.82, 2.24) is 9.78 Å². The van der Waals surface area contributed by atoms with Crippen LogP contribution in [0.1, 0.15) is 50.2 Å². The quantitative estimate of drug-likeness (QED) is 0.487. The van der Waals surface area contributed by atoms with Crippen LogP contribution < -0.4 is 5.32 Å². The number of nitrogens with zero attached hydrogens (tertiary/aromatic N) is 2. The maximum atomic E-state index is 13.0. The first-order valence-electron chi connectivity index (χ1n) is 10.1. The summed E-state index contributed by atoms with van der Waals surface area (Å²) >= 11 is 0. The van der Waals surface area contributed by atoms with Gasteiger partial charge in [-0.25, -0.2) is 0 Å². The highest BCUT2D eigenvalue weighted by atomic mass is 16.5. The Kier molecular flexibility index (Phi) is 5.44. The smallest absolute Gasteiger partial charge is 0.328 e. The highest BCUT2D eigenvalue weighted by Crippen LogP contribution is 2.32. The number of carbonyl (C=O) groups excluding carboxylic acids is 4. The number of anilines is 1. The summed E-state index contributed by atoms with van der Waals surface area (Å²) < 4.78 is 6.73. The van der Waals surface area contributed by atoms with Gasteiger partial charge in [0.15, 0.2) is 17.7 Å². The fourth-order valence-electron chi connectivity index (χ4n) is 3.73. The Balaban J connectivity index is 1.50. The van der Waals surface area contributed by atoms with E-state index in [4.69, 9.17) is 4.74 Å². The zero-order valence-corrected chi connectivity index (χ0v) is 17.8. The van der Waals surface area contributed by atoms with Gasteiger partial charge in [0, 0.05) is 22.4 Å². The number of nitrogens with one attached hydrogen (secondary N) is 1. The Morgan fingerprint density at radius 1 is 1.00 bits per heavy atom. The average Bonchev–Trinajstić information content (AvgIpc) is 3.08. The van der Waals surface area contributed by atoms with Gasteiger partial charge < -0.3 is 10.1 Å². The normalized spacial score (nSPS) is 13.2. The van der Waals surface area contributed by atoms with Gasteiger partial charge in [-0.2, -0.15) is 5.10 Å². The van der Waals surface area contributed by atoms with E-state index >= 15 is 0 Å². The first-order valence-corrected chi connectivity index (χ1v) is 10.1. The molecule has 8 heteroatoms. The van der Waals surface area contributed by atoms with Gasteiger partial charge in [0.1, 0.15) is 6.54 Å². The molecule has 1 unspecified atom stereocenters. The first-order chi connectivity index (χ1) is 15.3. The molecule has 0 aliphatic heterocycles. The van der Waals surface area contributed by atoms with Gasteiger partial charge in [-0.1, -0.05) is 36.4 Å². The third-order valence-electron chi connectivity index (χ3n) is 5.27. The number of aryl methyl sites for hydroxylation is 2. The zero-order chi connectivity index (χ0) is 23.0. The maximum absolute atomic E-state index is 13.0. The minimum atomic E-state index is -1.11. The molecule has 1 aliphatic rings. The molecule has 162 valence electrons. The summed E-state index contributed by atoms with van der Waals surface area (Å²) in [5, 5.41) is 6.82. The third-order valence-corrected chi connectivity index (χ3v) is 5.27. The number of fused-ring (bicyclic) bond motifs is 2. The maximum Gasteiger partial charge on any atom is 0.328 e. The van der Waals surface area contributed by atoms with E-state index in [1.54, 1.807) is 42.5 Å². The number of esters is 1. The highest BCUT2D eigenvalue weighted by molar-refractivity contribution is 6.30. The van der Waals surface area contributed by atoms with Crippen LogP contribution in [0.25, 0.3) is 0 Å². The number of hydrogen-bond donors (Lipinski definition) is 1. The number of benzene rings is 2. The summed E-state index contributed by atoms with van der Waals surface area (Å²) in [6, 6.07) is 13.1. The van der Waals surface area contributed by atoms with Gasteiger partial charge in [0.25, 0.3) is 5.91 Å². The van der Waals surface area contributed by atoms with Crippen molar-refractivity contribution in [3.8, 4) is 0 Å². The van der Waals surface area contributed by atoms with Crippen LogP contribution in [0.5, 0.6) is 0 Å². The Bertz CT molecular complexity index is 1270. The number of ketones is 2. The van der Waals surface area contributed by atoms with Crippen LogP contribution in [0.2, 0.25) is 0 Å².